The van der Waals surface area contributed by atoms with E-state index in [0.717, 1.165) is 5.01 Å². The van der Waals surface area contributed by atoms with Crippen LogP contribution < -0.4 is 5.32 Å². The normalized spacial score (nSPS) is 15.3. The number of hydrogen-bond donors (Lipinski definition) is 2. The van der Waals surface area contributed by atoms with Gasteiger partial charge in [-0.1, -0.05) is 0 Å². The molecule has 1 aliphatic carbocycles. The Morgan fingerprint density at radius 3 is 3.00 bits per heavy atom. The number of ether oxygens (including phenoxy) is 1. The Labute approximate surface area is 97.5 Å². The molecule has 1 aromatic heterocycles. The summed E-state index contributed by atoms with van der Waals surface area (Å²) in [6.45, 7) is 0.904. The Hall–Kier alpha value is -0.980. The van der Waals surface area contributed by atoms with Crippen LogP contribution >= 0.6 is 11.3 Å². The van der Waals surface area contributed by atoms with E-state index in [9.17, 15) is 4.79 Å². The van der Waals surface area contributed by atoms with E-state index in [1.165, 1.54) is 31.3 Å². The number of thiazole rings is 1. The number of methoxy groups -OCH3 is 1. The highest BCUT2D eigenvalue weighted by molar-refractivity contribution is 7.13. The number of nitrogens with one attached hydrogen (secondary N) is 1. The second-order valence-corrected chi connectivity index (χ2v) is 4.86. The van der Waals surface area contributed by atoms with Gasteiger partial charge in [-0.3, -0.25) is 0 Å². The Balaban J connectivity index is 2.06. The van der Waals surface area contributed by atoms with Gasteiger partial charge in [-0.25, -0.2) is 9.78 Å². The first-order valence-electron chi connectivity index (χ1n) is 5.15. The smallest absolute Gasteiger partial charge is 0.347 e. The molecule has 0 saturated heterocycles. The van der Waals surface area contributed by atoms with Gasteiger partial charge in [0.15, 0.2) is 0 Å². The molecule has 0 spiro atoms. The SMILES string of the molecule is COCc1nc(CNC2CC2)sc1C(=O)O. The predicted octanol–water partition coefficient (Wildman–Crippen LogP) is 1.24. The molecule has 2 N–H and O–H groups in total. The molecule has 1 aliphatic rings. The van der Waals surface area contributed by atoms with Gasteiger partial charge in [0.25, 0.3) is 0 Å². The van der Waals surface area contributed by atoms with Crippen LogP contribution in [-0.4, -0.2) is 29.2 Å². The summed E-state index contributed by atoms with van der Waals surface area (Å²) in [6, 6.07) is 0.600. The highest BCUT2D eigenvalue weighted by atomic mass is 32.1. The minimum Gasteiger partial charge on any atom is -0.477 e. The highest BCUT2D eigenvalue weighted by Crippen LogP contribution is 2.22. The quantitative estimate of drug-likeness (QED) is 0.785. The van der Waals surface area contributed by atoms with Gasteiger partial charge in [-0.05, 0) is 12.8 Å². The third kappa shape index (κ3) is 2.78. The summed E-state index contributed by atoms with van der Waals surface area (Å²) in [7, 11) is 1.53. The molecule has 0 atom stereocenters. The Morgan fingerprint density at radius 1 is 1.69 bits per heavy atom. The molecule has 1 aromatic rings. The van der Waals surface area contributed by atoms with Gasteiger partial charge in [0.2, 0.25) is 0 Å². The third-order valence-electron chi connectivity index (χ3n) is 2.34. The molecule has 0 bridgehead atoms. The van der Waals surface area contributed by atoms with Gasteiger partial charge in [0.1, 0.15) is 9.88 Å². The molecule has 88 valence electrons. The number of hydrogen-bond acceptors (Lipinski definition) is 5. The van der Waals surface area contributed by atoms with E-state index in [-0.39, 0.29) is 11.5 Å². The van der Waals surface area contributed by atoms with Gasteiger partial charge in [0.05, 0.1) is 12.3 Å². The first kappa shape index (κ1) is 11.5. The summed E-state index contributed by atoms with van der Waals surface area (Å²) in [4.78, 5) is 15.5. The van der Waals surface area contributed by atoms with E-state index < -0.39 is 5.97 Å². The van der Waals surface area contributed by atoms with Crippen LogP contribution in [-0.2, 0) is 17.9 Å². The van der Waals surface area contributed by atoms with Crippen LogP contribution in [0.1, 0.15) is 33.2 Å². The van der Waals surface area contributed by atoms with Crippen molar-refractivity contribution >= 4 is 17.3 Å². The van der Waals surface area contributed by atoms with Gasteiger partial charge >= 0.3 is 5.97 Å². The van der Waals surface area contributed by atoms with Crippen molar-refractivity contribution in [3.63, 3.8) is 0 Å². The lowest BCUT2D eigenvalue weighted by molar-refractivity contribution is 0.0697. The van der Waals surface area contributed by atoms with Crippen LogP contribution in [0.25, 0.3) is 0 Å². The van der Waals surface area contributed by atoms with Crippen molar-refractivity contribution in [2.45, 2.75) is 32.0 Å². The zero-order valence-corrected chi connectivity index (χ0v) is 9.84. The topological polar surface area (TPSA) is 71.5 Å². The van der Waals surface area contributed by atoms with Gasteiger partial charge in [0, 0.05) is 19.7 Å². The van der Waals surface area contributed by atoms with Crippen LogP contribution in [0.3, 0.4) is 0 Å². The van der Waals surface area contributed by atoms with Gasteiger partial charge in [-0.2, -0.15) is 0 Å². The van der Waals surface area contributed by atoms with Crippen molar-refractivity contribution in [3.05, 3.63) is 15.6 Å². The number of carboxylic acids is 1. The molecular weight excluding hydrogens is 228 g/mol. The van der Waals surface area contributed by atoms with Crippen LogP contribution in [0, 0.1) is 0 Å². The molecule has 6 heteroatoms. The molecule has 1 fully saturated rings. The molecule has 0 unspecified atom stereocenters. The van der Waals surface area contributed by atoms with Crippen molar-refractivity contribution in [2.75, 3.05) is 7.11 Å². The summed E-state index contributed by atoms with van der Waals surface area (Å²) >= 11 is 1.22. The van der Waals surface area contributed by atoms with Crippen molar-refractivity contribution in [1.82, 2.24) is 10.3 Å². The van der Waals surface area contributed by atoms with Crippen LogP contribution in [0.5, 0.6) is 0 Å². The predicted molar refractivity (Wildman–Crippen MR) is 59.6 cm³/mol. The fourth-order valence-electron chi connectivity index (χ4n) is 1.40. The molecule has 0 aliphatic heterocycles. The second kappa shape index (κ2) is 4.90. The number of rotatable bonds is 6. The zero-order valence-electron chi connectivity index (χ0n) is 9.02. The number of nitrogens with zero attached hydrogens (tertiary/aromatic N) is 1. The van der Waals surface area contributed by atoms with E-state index in [4.69, 9.17) is 9.84 Å². The zero-order chi connectivity index (χ0) is 11.5. The third-order valence-corrected chi connectivity index (χ3v) is 3.42. The Kier molecular flexibility index (Phi) is 3.52. The summed E-state index contributed by atoms with van der Waals surface area (Å²) in [5, 5.41) is 13.1. The monoisotopic (exact) mass is 242 g/mol. The molecule has 0 aromatic carbocycles. The fourth-order valence-corrected chi connectivity index (χ4v) is 2.25. The first-order chi connectivity index (χ1) is 7.70. The highest BCUT2D eigenvalue weighted by Gasteiger charge is 2.22. The standard InChI is InChI=1S/C10H14N2O3S/c1-15-5-7-9(10(13)14)16-8(12-7)4-11-6-2-3-6/h6,11H,2-5H2,1H3,(H,13,14). The van der Waals surface area contributed by atoms with E-state index in [1.807, 2.05) is 0 Å². The minimum absolute atomic E-state index is 0.252. The van der Waals surface area contributed by atoms with Crippen LogP contribution in [0.15, 0.2) is 0 Å². The minimum atomic E-state index is -0.928. The number of aromatic carboxylic acids is 1. The lowest BCUT2D eigenvalue weighted by atomic mass is 10.4. The molecule has 0 amide bonds. The summed E-state index contributed by atoms with van der Waals surface area (Å²) in [6.07, 6.45) is 2.42. The maximum atomic E-state index is 11.0. The number of carboxylic acid groups (broad SMARTS) is 1. The molecule has 2 rings (SSSR count). The molecule has 1 heterocycles. The maximum Gasteiger partial charge on any atom is 0.347 e. The second-order valence-electron chi connectivity index (χ2n) is 3.78. The average molecular weight is 242 g/mol. The molecule has 5 nitrogen and oxygen atoms in total. The summed E-state index contributed by atoms with van der Waals surface area (Å²) < 4.78 is 4.93. The Morgan fingerprint density at radius 2 is 2.44 bits per heavy atom. The van der Waals surface area contributed by atoms with Crippen molar-refractivity contribution in [3.8, 4) is 0 Å². The van der Waals surface area contributed by atoms with Gasteiger partial charge in [-0.15, -0.1) is 11.3 Å². The Bertz CT molecular complexity index is 387. The summed E-state index contributed by atoms with van der Waals surface area (Å²) in [5.41, 5.74) is 0.521. The van der Waals surface area contributed by atoms with E-state index in [0.29, 0.717) is 18.3 Å². The molecule has 0 radical (unpaired) electrons. The number of carbonyl (C=O) groups is 1. The molecule has 16 heavy (non-hydrogen) atoms. The van der Waals surface area contributed by atoms with Crippen LogP contribution in [0.4, 0.5) is 0 Å². The van der Waals surface area contributed by atoms with Crippen molar-refractivity contribution in [1.29, 1.82) is 0 Å². The van der Waals surface area contributed by atoms with Crippen LogP contribution in [0.2, 0.25) is 0 Å². The lowest BCUT2D eigenvalue weighted by Gasteiger charge is -1.97. The molecular formula is C10H14N2O3S. The van der Waals surface area contributed by atoms with E-state index >= 15 is 0 Å². The van der Waals surface area contributed by atoms with E-state index in [2.05, 4.69) is 10.3 Å². The van der Waals surface area contributed by atoms with E-state index in [1.54, 1.807) is 0 Å². The first-order valence-corrected chi connectivity index (χ1v) is 5.96. The maximum absolute atomic E-state index is 11.0. The van der Waals surface area contributed by atoms with Crippen molar-refractivity contribution < 1.29 is 14.6 Å². The largest absolute Gasteiger partial charge is 0.477 e. The lowest BCUT2D eigenvalue weighted by Crippen LogP contribution is -2.15. The molecule has 1 saturated carbocycles. The fraction of sp³-hybridized carbons (Fsp3) is 0.600. The average Bonchev–Trinajstić information content (AvgIpc) is 2.97. The summed E-state index contributed by atoms with van der Waals surface area (Å²) in [5.74, 6) is -0.928. The van der Waals surface area contributed by atoms with Gasteiger partial charge < -0.3 is 15.2 Å². The van der Waals surface area contributed by atoms with Crippen molar-refractivity contribution in [2.24, 2.45) is 0 Å². The number of aromatic nitrogens is 1.